The summed E-state index contributed by atoms with van der Waals surface area (Å²) in [6, 6.07) is 1.23. The highest BCUT2D eigenvalue weighted by Crippen LogP contribution is 2.59. The normalized spacial score (nSPS) is 21.9. The molecule has 1 saturated carbocycles. The molecule has 57 heavy (non-hydrogen) atoms. The highest BCUT2D eigenvalue weighted by molar-refractivity contribution is 8.02. The predicted octanol–water partition coefficient (Wildman–Crippen LogP) is 1.87. The number of carboxylic acid groups (broad SMARTS) is 2. The summed E-state index contributed by atoms with van der Waals surface area (Å²) in [6.45, 7) is 4.81. The minimum Gasteiger partial charge on any atom is -0.504 e. The molecule has 2 aromatic rings. The lowest BCUT2D eigenvalue weighted by molar-refractivity contribution is -0.161. The summed E-state index contributed by atoms with van der Waals surface area (Å²) in [5, 5.41) is 48.0. The Hall–Kier alpha value is -5.03. The third-order valence-corrected chi connectivity index (χ3v) is 12.6. The molecule has 20 nitrogen and oxygen atoms in total. The number of aromatic hydroxyl groups is 2. The van der Waals surface area contributed by atoms with E-state index in [1.165, 1.54) is 41.2 Å². The number of nitrogens with one attached hydrogen (secondary N) is 4. The molecule has 308 valence electrons. The molecule has 3 fully saturated rings. The van der Waals surface area contributed by atoms with Crippen LogP contribution in [-0.4, -0.2) is 131 Å². The van der Waals surface area contributed by atoms with Gasteiger partial charge >= 0.3 is 24.0 Å². The fourth-order valence-corrected chi connectivity index (χ4v) is 9.15. The number of thiazole rings is 1. The Morgan fingerprint density at radius 3 is 2.51 bits per heavy atom. The number of Topliss-reactive ketones (excluding diaryl/α,β-unsaturated/α-hetero) is 3. The van der Waals surface area contributed by atoms with Crippen LogP contribution in [0.5, 0.6) is 11.5 Å². The number of thioether (sulfide) groups is 1. The Morgan fingerprint density at radius 2 is 1.84 bits per heavy atom. The number of hydrogen-bond acceptors (Lipinski definition) is 16. The minimum atomic E-state index is -1.77. The van der Waals surface area contributed by atoms with Crippen molar-refractivity contribution in [2.24, 2.45) is 17.0 Å². The van der Waals surface area contributed by atoms with Crippen LogP contribution in [0.4, 0.5) is 9.59 Å². The molecule has 1 unspecified atom stereocenters. The number of nitrogens with zero attached hydrogens (tertiary/aromatic N) is 4. The van der Waals surface area contributed by atoms with Crippen LogP contribution in [-0.2, 0) is 24.0 Å². The zero-order valence-corrected chi connectivity index (χ0v) is 33.3. The van der Waals surface area contributed by atoms with Gasteiger partial charge in [-0.15, -0.1) is 23.1 Å². The number of fused-ring (bicyclic) bond motifs is 1. The van der Waals surface area contributed by atoms with Crippen LogP contribution in [0.25, 0.3) is 0 Å². The molecule has 0 radical (unpaired) electrons. The molecular formula is C34H41ClN8O12S2. The quantitative estimate of drug-likeness (QED) is 0.0329. The predicted molar refractivity (Wildman–Crippen MR) is 204 cm³/mol. The number of carbonyl (C=O) groups is 7. The lowest BCUT2D eigenvalue weighted by Crippen LogP contribution is -2.54. The molecule has 0 bridgehead atoms. The maximum Gasteiger partial charge on any atom is 0.350 e. The molecule has 4 atom stereocenters. The summed E-state index contributed by atoms with van der Waals surface area (Å²) < 4.78 is 0. The van der Waals surface area contributed by atoms with Crippen molar-refractivity contribution < 1.29 is 58.8 Å². The first-order valence-electron chi connectivity index (χ1n) is 17.6. The largest absolute Gasteiger partial charge is 0.504 e. The van der Waals surface area contributed by atoms with E-state index in [9.17, 15) is 54.0 Å². The van der Waals surface area contributed by atoms with Gasteiger partial charge < -0.3 is 30.6 Å². The van der Waals surface area contributed by atoms with E-state index in [2.05, 4.69) is 31.7 Å². The van der Waals surface area contributed by atoms with E-state index in [0.717, 1.165) is 17.8 Å². The molecule has 8 N–H and O–H groups in total. The van der Waals surface area contributed by atoms with E-state index in [0.29, 0.717) is 5.01 Å². The number of phenols is 2. The standard InChI is InChI=1S/C34H41ClN8O12S2/c1-16-39-20(15-56-16)25(41-55-33(2,3)29(49)50)23(46)13-18-26(47)19-14-34(30(51)52,57-28(18)19)42-11-12-43(32(42)54)38-10-9-37-40-31(53)36-8-4-5-21(44)17-6-7-22(45)27(48)24(17)35/h6-7,15,18-19,28,37-38,45,48H,4-5,8-14H2,1-3H3,(H,49,50)(H,51,52)(H2,36,40,53)/b41-25-/t18-,19?,28-,34-/m1/s1. The zero-order chi connectivity index (χ0) is 41.8. The smallest absolute Gasteiger partial charge is 0.350 e. The molecule has 3 heterocycles. The maximum atomic E-state index is 13.6. The van der Waals surface area contributed by atoms with E-state index in [1.807, 2.05) is 0 Å². The summed E-state index contributed by atoms with van der Waals surface area (Å²) in [5.74, 6) is -6.59. The van der Waals surface area contributed by atoms with Crippen LogP contribution >= 0.6 is 34.7 Å². The van der Waals surface area contributed by atoms with Crippen molar-refractivity contribution >= 4 is 81.8 Å². The monoisotopic (exact) mass is 852 g/mol. The molecule has 0 spiro atoms. The van der Waals surface area contributed by atoms with Crippen LogP contribution < -0.4 is 21.6 Å². The van der Waals surface area contributed by atoms with Gasteiger partial charge in [0.15, 0.2) is 33.6 Å². The number of carbonyl (C=O) groups excluding carboxylic acids is 5. The van der Waals surface area contributed by atoms with Gasteiger partial charge in [0.1, 0.15) is 11.5 Å². The number of amides is 4. The number of ketones is 3. The maximum absolute atomic E-state index is 13.6. The number of aromatic nitrogens is 1. The summed E-state index contributed by atoms with van der Waals surface area (Å²) in [7, 11) is 0. The fourth-order valence-electron chi connectivity index (χ4n) is 6.38. The number of aliphatic carboxylic acids is 2. The zero-order valence-electron chi connectivity index (χ0n) is 30.9. The van der Waals surface area contributed by atoms with Crippen LogP contribution in [0.3, 0.4) is 0 Å². The number of oxime groups is 1. The number of halogens is 1. The molecule has 4 amide bonds. The second-order valence-electron chi connectivity index (χ2n) is 13.8. The number of carboxylic acids is 2. The van der Waals surface area contributed by atoms with Crippen molar-refractivity contribution in [3.05, 3.63) is 38.8 Å². The van der Waals surface area contributed by atoms with Crippen LogP contribution in [0.2, 0.25) is 5.02 Å². The molecule has 1 aliphatic carbocycles. The van der Waals surface area contributed by atoms with Crippen molar-refractivity contribution in [2.75, 3.05) is 32.7 Å². The van der Waals surface area contributed by atoms with Gasteiger partial charge in [0, 0.05) is 73.5 Å². The van der Waals surface area contributed by atoms with Crippen molar-refractivity contribution in [3.8, 4) is 11.5 Å². The van der Waals surface area contributed by atoms with Gasteiger partial charge in [-0.1, -0.05) is 16.8 Å². The lowest BCUT2D eigenvalue weighted by Gasteiger charge is -2.37. The highest BCUT2D eigenvalue weighted by atomic mass is 35.5. The Morgan fingerprint density at radius 1 is 1.11 bits per heavy atom. The Balaban J connectivity index is 1.08. The summed E-state index contributed by atoms with van der Waals surface area (Å²) in [5.41, 5.74) is 6.15. The van der Waals surface area contributed by atoms with E-state index >= 15 is 0 Å². The van der Waals surface area contributed by atoms with Gasteiger partial charge in [0.2, 0.25) is 5.60 Å². The Kier molecular flexibility index (Phi) is 13.3. The number of phenolic OH excluding ortho intramolecular Hbond substituents is 2. The van der Waals surface area contributed by atoms with Gasteiger partial charge in [-0.2, -0.15) is 0 Å². The molecule has 1 aromatic heterocycles. The minimum absolute atomic E-state index is 0.0118. The Labute approximate surface area is 338 Å². The van der Waals surface area contributed by atoms with Gasteiger partial charge in [0.25, 0.3) is 0 Å². The van der Waals surface area contributed by atoms with Gasteiger partial charge in [-0.3, -0.25) is 29.7 Å². The summed E-state index contributed by atoms with van der Waals surface area (Å²) in [6.07, 6.45) is -0.224. The number of rotatable bonds is 19. The van der Waals surface area contributed by atoms with Crippen molar-refractivity contribution in [2.45, 2.75) is 62.2 Å². The van der Waals surface area contributed by atoms with Crippen molar-refractivity contribution in [1.29, 1.82) is 0 Å². The molecule has 1 aromatic carbocycles. The second kappa shape index (κ2) is 17.6. The first-order valence-corrected chi connectivity index (χ1v) is 19.7. The van der Waals surface area contributed by atoms with Crippen LogP contribution in [0.1, 0.15) is 60.6 Å². The average Bonchev–Trinajstić information content (AvgIpc) is 3.86. The highest BCUT2D eigenvalue weighted by Gasteiger charge is 2.67. The topological polar surface area (TPSA) is 289 Å². The first-order chi connectivity index (χ1) is 26.9. The van der Waals surface area contributed by atoms with Gasteiger partial charge in [0.05, 0.1) is 16.6 Å². The summed E-state index contributed by atoms with van der Waals surface area (Å²) in [4.78, 5) is 98.1. The fraction of sp³-hybridized carbons (Fsp3) is 0.500. The molecule has 23 heteroatoms. The number of benzene rings is 1. The van der Waals surface area contributed by atoms with E-state index in [1.54, 1.807) is 12.3 Å². The van der Waals surface area contributed by atoms with Crippen LogP contribution in [0, 0.1) is 18.8 Å². The number of hydrogen-bond donors (Lipinski definition) is 8. The van der Waals surface area contributed by atoms with Gasteiger partial charge in [-0.05, 0) is 39.3 Å². The SMILES string of the molecule is Cc1nc(/C(=N/OC(C)(C)C(=O)O)C(=O)C[C@@H]2C(=O)C3C[C@@](C(=O)O)(N4CCN(NCCNNC(=O)NCCCC(=O)c5ccc(O)c(O)c5Cl)C4=O)S[C@@H]32)cs1. The third-order valence-electron chi connectivity index (χ3n) is 9.56. The third kappa shape index (κ3) is 9.25. The number of hydrazine groups is 2. The van der Waals surface area contributed by atoms with Gasteiger partial charge in [-0.25, -0.2) is 35.0 Å². The molecule has 2 aliphatic heterocycles. The molecular weight excluding hydrogens is 812 g/mol. The average molecular weight is 853 g/mol. The van der Waals surface area contributed by atoms with E-state index in [-0.39, 0.29) is 92.0 Å². The van der Waals surface area contributed by atoms with Crippen molar-refractivity contribution in [3.63, 3.8) is 0 Å². The van der Waals surface area contributed by atoms with E-state index < -0.39 is 68.8 Å². The lowest BCUT2D eigenvalue weighted by atomic mass is 9.68. The summed E-state index contributed by atoms with van der Waals surface area (Å²) >= 11 is 8.10. The molecule has 2 saturated heterocycles. The Bertz CT molecular complexity index is 2000. The molecule has 5 rings (SSSR count). The number of aryl methyl sites for hydroxylation is 1. The van der Waals surface area contributed by atoms with Crippen molar-refractivity contribution in [1.82, 2.24) is 36.5 Å². The van der Waals surface area contributed by atoms with Crippen LogP contribution in [0.15, 0.2) is 22.7 Å². The second-order valence-corrected chi connectivity index (χ2v) is 16.7. The first kappa shape index (κ1) is 43.1. The van der Waals surface area contributed by atoms with E-state index in [4.69, 9.17) is 16.4 Å². The molecule has 3 aliphatic rings. The number of urea groups is 2.